The molecule has 0 radical (unpaired) electrons. The maximum Gasteiger partial charge on any atom is 0.254 e. The van der Waals surface area contributed by atoms with Crippen molar-refractivity contribution in [3.05, 3.63) is 23.8 Å². The lowest BCUT2D eigenvalue weighted by molar-refractivity contribution is -0.0715. The summed E-state index contributed by atoms with van der Waals surface area (Å²) in [5.74, 6) is 1.35. The number of hydrogen-bond donors (Lipinski definition) is 0. The largest absolute Gasteiger partial charge is 0.493 e. The van der Waals surface area contributed by atoms with Crippen LogP contribution in [0.1, 0.15) is 44.0 Å². The van der Waals surface area contributed by atoms with Crippen molar-refractivity contribution >= 4 is 5.91 Å². The van der Waals surface area contributed by atoms with Crippen molar-refractivity contribution in [2.75, 3.05) is 39.9 Å². The Labute approximate surface area is 162 Å². The number of rotatable bonds is 6. The van der Waals surface area contributed by atoms with Gasteiger partial charge in [0.25, 0.3) is 5.91 Å². The van der Waals surface area contributed by atoms with Gasteiger partial charge < -0.3 is 19.1 Å². The van der Waals surface area contributed by atoms with E-state index < -0.39 is 0 Å². The molecule has 0 spiro atoms. The van der Waals surface area contributed by atoms with E-state index in [0.717, 1.165) is 39.0 Å². The first kappa shape index (κ1) is 20.0. The third kappa shape index (κ3) is 4.74. The van der Waals surface area contributed by atoms with Crippen molar-refractivity contribution in [1.29, 1.82) is 0 Å². The minimum atomic E-state index is 0.0770. The van der Waals surface area contributed by atoms with Crippen LogP contribution in [0.15, 0.2) is 18.2 Å². The monoisotopic (exact) mass is 376 g/mol. The van der Waals surface area contributed by atoms with Crippen molar-refractivity contribution in [2.24, 2.45) is 0 Å². The number of methoxy groups -OCH3 is 1. The van der Waals surface area contributed by atoms with Crippen LogP contribution in [0.5, 0.6) is 11.5 Å². The van der Waals surface area contributed by atoms with E-state index in [-0.39, 0.29) is 24.2 Å². The van der Waals surface area contributed by atoms with E-state index in [2.05, 4.69) is 18.7 Å². The van der Waals surface area contributed by atoms with Crippen molar-refractivity contribution in [3.8, 4) is 11.5 Å². The SMILES string of the molecule is CCOc1ccc(C(=O)N2CCC[C@H]2CN2C[C@@H](C)O[C@@H](C)C2)cc1OC. The zero-order chi connectivity index (χ0) is 19.4. The molecule has 6 heteroatoms. The molecule has 3 atom stereocenters. The van der Waals surface area contributed by atoms with Crippen LogP contribution in [-0.4, -0.2) is 73.9 Å². The molecule has 150 valence electrons. The summed E-state index contributed by atoms with van der Waals surface area (Å²) in [5, 5.41) is 0. The second-order valence-corrected chi connectivity index (χ2v) is 7.57. The maximum absolute atomic E-state index is 13.2. The number of benzene rings is 1. The number of carbonyl (C=O) groups excluding carboxylic acids is 1. The topological polar surface area (TPSA) is 51.2 Å². The summed E-state index contributed by atoms with van der Waals surface area (Å²) in [4.78, 5) is 17.6. The number of morpholine rings is 1. The van der Waals surface area contributed by atoms with E-state index in [9.17, 15) is 4.79 Å². The Hall–Kier alpha value is -1.79. The summed E-state index contributed by atoms with van der Waals surface area (Å²) >= 11 is 0. The maximum atomic E-state index is 13.2. The molecule has 2 saturated heterocycles. The van der Waals surface area contributed by atoms with Crippen molar-refractivity contribution in [2.45, 2.75) is 51.9 Å². The first-order valence-electron chi connectivity index (χ1n) is 10.0. The molecule has 0 aliphatic carbocycles. The Morgan fingerprint density at radius 2 is 1.96 bits per heavy atom. The minimum absolute atomic E-state index is 0.0770. The van der Waals surface area contributed by atoms with Crippen LogP contribution >= 0.6 is 0 Å². The fourth-order valence-corrected chi connectivity index (χ4v) is 4.27. The van der Waals surface area contributed by atoms with E-state index >= 15 is 0 Å². The van der Waals surface area contributed by atoms with E-state index in [0.29, 0.717) is 23.7 Å². The zero-order valence-electron chi connectivity index (χ0n) is 16.9. The Kier molecular flexibility index (Phi) is 6.60. The Morgan fingerprint density at radius 3 is 2.63 bits per heavy atom. The lowest BCUT2D eigenvalue weighted by Crippen LogP contribution is -2.50. The summed E-state index contributed by atoms with van der Waals surface area (Å²) in [7, 11) is 1.60. The molecule has 6 nitrogen and oxygen atoms in total. The Balaban J connectivity index is 1.70. The van der Waals surface area contributed by atoms with Crippen LogP contribution in [0.3, 0.4) is 0 Å². The molecule has 0 aromatic heterocycles. The molecular weight excluding hydrogens is 344 g/mol. The lowest BCUT2D eigenvalue weighted by atomic mass is 10.1. The van der Waals surface area contributed by atoms with Gasteiger partial charge in [0.1, 0.15) is 0 Å². The van der Waals surface area contributed by atoms with Gasteiger partial charge in [-0.1, -0.05) is 0 Å². The highest BCUT2D eigenvalue weighted by Crippen LogP contribution is 2.30. The van der Waals surface area contributed by atoms with E-state index in [1.54, 1.807) is 13.2 Å². The number of ether oxygens (including phenoxy) is 3. The summed E-state index contributed by atoms with van der Waals surface area (Å²) in [5.41, 5.74) is 0.658. The highest BCUT2D eigenvalue weighted by Gasteiger charge is 2.33. The molecule has 2 aliphatic heterocycles. The van der Waals surface area contributed by atoms with E-state index in [4.69, 9.17) is 14.2 Å². The molecule has 0 bridgehead atoms. The van der Waals surface area contributed by atoms with Crippen molar-refractivity contribution < 1.29 is 19.0 Å². The smallest absolute Gasteiger partial charge is 0.254 e. The number of likely N-dealkylation sites (tertiary alicyclic amines) is 1. The minimum Gasteiger partial charge on any atom is -0.493 e. The van der Waals surface area contributed by atoms with Gasteiger partial charge >= 0.3 is 0 Å². The fraction of sp³-hybridized carbons (Fsp3) is 0.667. The van der Waals surface area contributed by atoms with Gasteiger partial charge in [0.2, 0.25) is 0 Å². The van der Waals surface area contributed by atoms with Crippen LogP contribution < -0.4 is 9.47 Å². The molecule has 2 fully saturated rings. The van der Waals surface area contributed by atoms with Crippen LogP contribution in [0, 0.1) is 0 Å². The second kappa shape index (κ2) is 8.93. The predicted octanol–water partition coefficient (Wildman–Crippen LogP) is 2.81. The highest BCUT2D eigenvalue weighted by atomic mass is 16.5. The molecule has 0 saturated carbocycles. The van der Waals surface area contributed by atoms with Gasteiger partial charge in [0, 0.05) is 37.8 Å². The molecule has 0 N–H and O–H groups in total. The molecule has 0 unspecified atom stereocenters. The average Bonchev–Trinajstić information content (AvgIpc) is 3.08. The van der Waals surface area contributed by atoms with Crippen LogP contribution in [0.25, 0.3) is 0 Å². The summed E-state index contributed by atoms with van der Waals surface area (Å²) < 4.78 is 16.8. The van der Waals surface area contributed by atoms with E-state index in [1.807, 2.05) is 24.0 Å². The lowest BCUT2D eigenvalue weighted by Gasteiger charge is -2.38. The Bertz CT molecular complexity index is 641. The first-order valence-corrected chi connectivity index (χ1v) is 10.0. The molecule has 27 heavy (non-hydrogen) atoms. The van der Waals surface area contributed by atoms with Gasteiger partial charge in [0.15, 0.2) is 11.5 Å². The predicted molar refractivity (Wildman–Crippen MR) is 105 cm³/mol. The van der Waals surface area contributed by atoms with Gasteiger partial charge in [-0.05, 0) is 51.8 Å². The highest BCUT2D eigenvalue weighted by molar-refractivity contribution is 5.95. The number of carbonyl (C=O) groups is 1. The van der Waals surface area contributed by atoms with Gasteiger partial charge in [-0.2, -0.15) is 0 Å². The van der Waals surface area contributed by atoms with Crippen molar-refractivity contribution in [3.63, 3.8) is 0 Å². The molecule has 3 rings (SSSR count). The average molecular weight is 376 g/mol. The van der Waals surface area contributed by atoms with Gasteiger partial charge in [0.05, 0.1) is 25.9 Å². The molecular formula is C21H32N2O4. The summed E-state index contributed by atoms with van der Waals surface area (Å²) in [6.45, 7) is 10.3. The van der Waals surface area contributed by atoms with Gasteiger partial charge in [-0.3, -0.25) is 9.69 Å². The number of nitrogens with zero attached hydrogens (tertiary/aromatic N) is 2. The van der Waals surface area contributed by atoms with Gasteiger partial charge in [-0.25, -0.2) is 0 Å². The number of amides is 1. The molecule has 2 heterocycles. The van der Waals surface area contributed by atoms with Crippen molar-refractivity contribution in [1.82, 2.24) is 9.80 Å². The standard InChI is InChI=1S/C21H32N2O4/c1-5-26-19-9-8-17(11-20(19)25-4)21(24)23-10-6-7-18(23)14-22-12-15(2)27-16(3)13-22/h8-9,11,15-16,18H,5-7,10,12-14H2,1-4H3/t15-,16+,18-/m0/s1. The first-order chi connectivity index (χ1) is 13.0. The third-order valence-corrected chi connectivity index (χ3v) is 5.31. The quantitative estimate of drug-likeness (QED) is 0.764. The van der Waals surface area contributed by atoms with Gasteiger partial charge in [-0.15, -0.1) is 0 Å². The molecule has 1 aromatic carbocycles. The summed E-state index contributed by atoms with van der Waals surface area (Å²) in [6, 6.07) is 5.71. The third-order valence-electron chi connectivity index (χ3n) is 5.31. The van der Waals surface area contributed by atoms with Crippen LogP contribution in [0.2, 0.25) is 0 Å². The van der Waals surface area contributed by atoms with Crippen LogP contribution in [-0.2, 0) is 4.74 Å². The number of hydrogen-bond acceptors (Lipinski definition) is 5. The summed E-state index contributed by atoms with van der Waals surface area (Å²) in [6.07, 6.45) is 2.60. The second-order valence-electron chi connectivity index (χ2n) is 7.57. The molecule has 2 aliphatic rings. The van der Waals surface area contributed by atoms with Crippen LogP contribution in [0.4, 0.5) is 0 Å². The molecule has 1 aromatic rings. The van der Waals surface area contributed by atoms with E-state index in [1.165, 1.54) is 0 Å². The molecule has 1 amide bonds. The normalized spacial score (nSPS) is 26.2. The Morgan fingerprint density at radius 1 is 1.22 bits per heavy atom. The fourth-order valence-electron chi connectivity index (χ4n) is 4.27. The zero-order valence-corrected chi connectivity index (χ0v) is 16.9.